The van der Waals surface area contributed by atoms with Crippen molar-refractivity contribution in [1.29, 1.82) is 0 Å². The number of benzene rings is 1. The molecule has 1 aliphatic carbocycles. The average molecular weight is 412 g/mol. The lowest BCUT2D eigenvalue weighted by atomic mass is 9.78. The van der Waals surface area contributed by atoms with Crippen molar-refractivity contribution in [2.24, 2.45) is 5.92 Å². The first kappa shape index (κ1) is 21.2. The number of halogens is 1. The highest BCUT2D eigenvalue weighted by molar-refractivity contribution is 7.86. The van der Waals surface area contributed by atoms with E-state index < -0.39 is 10.2 Å². The molecular weight excluding hydrogens is 381 g/mol. The minimum atomic E-state index is -3.52. The van der Waals surface area contributed by atoms with Gasteiger partial charge in [0.2, 0.25) is 5.91 Å². The summed E-state index contributed by atoms with van der Waals surface area (Å²) in [5, 5.41) is 3.02. The third-order valence-corrected chi connectivity index (χ3v) is 8.06. The zero-order valence-electron chi connectivity index (χ0n) is 16.7. The Morgan fingerprint density at radius 1 is 1.25 bits per heavy atom. The number of nitrogens with zero attached hydrogens (tertiary/aromatic N) is 2. The normalized spacial score (nSPS) is 23.1. The van der Waals surface area contributed by atoms with Gasteiger partial charge in [0, 0.05) is 39.1 Å². The van der Waals surface area contributed by atoms with Crippen LogP contribution in [0.2, 0.25) is 0 Å². The van der Waals surface area contributed by atoms with Gasteiger partial charge in [0.05, 0.1) is 5.92 Å². The zero-order chi connectivity index (χ0) is 20.4. The van der Waals surface area contributed by atoms with Crippen LogP contribution in [-0.4, -0.2) is 56.7 Å². The topological polar surface area (TPSA) is 69.7 Å². The Morgan fingerprint density at radius 3 is 2.57 bits per heavy atom. The van der Waals surface area contributed by atoms with E-state index in [0.29, 0.717) is 31.5 Å². The van der Waals surface area contributed by atoms with E-state index in [2.05, 4.69) is 5.32 Å². The molecule has 156 valence electrons. The second kappa shape index (κ2) is 8.47. The van der Waals surface area contributed by atoms with Crippen molar-refractivity contribution >= 4 is 16.1 Å². The second-order valence-electron chi connectivity index (χ2n) is 8.17. The van der Waals surface area contributed by atoms with Gasteiger partial charge in [0.1, 0.15) is 5.82 Å². The Bertz CT molecular complexity index is 807. The largest absolute Gasteiger partial charge is 0.355 e. The van der Waals surface area contributed by atoms with Crippen LogP contribution in [0.3, 0.4) is 0 Å². The number of nitrogens with one attached hydrogen (secondary N) is 1. The fraction of sp³-hybridized carbons (Fsp3) is 0.650. The van der Waals surface area contributed by atoms with Gasteiger partial charge in [0.15, 0.2) is 0 Å². The van der Waals surface area contributed by atoms with E-state index in [9.17, 15) is 17.6 Å². The summed E-state index contributed by atoms with van der Waals surface area (Å²) in [6.07, 6.45) is 5.05. The standard InChI is InChI=1S/C20H30FN3O3S/c1-23(2)28(26,27)24-13-7-8-16(14-24)19(25)22-15-20(11-5-6-12-20)17-9-3-4-10-18(17)21/h3-4,9-10,16H,5-8,11-15H2,1-2H3,(H,22,25)/t16-/m1/s1. The Balaban J connectivity index is 1.68. The molecule has 2 aliphatic rings. The van der Waals surface area contributed by atoms with Crippen molar-refractivity contribution < 1.29 is 17.6 Å². The highest BCUT2D eigenvalue weighted by atomic mass is 32.2. The van der Waals surface area contributed by atoms with Gasteiger partial charge in [-0.15, -0.1) is 0 Å². The van der Waals surface area contributed by atoms with E-state index >= 15 is 0 Å². The summed E-state index contributed by atoms with van der Waals surface area (Å²) < 4.78 is 41.7. The highest BCUT2D eigenvalue weighted by Crippen LogP contribution is 2.41. The summed E-state index contributed by atoms with van der Waals surface area (Å²) in [5.41, 5.74) is 0.304. The third kappa shape index (κ3) is 4.23. The lowest BCUT2D eigenvalue weighted by Gasteiger charge is -2.34. The van der Waals surface area contributed by atoms with E-state index in [1.807, 2.05) is 12.1 Å². The summed E-state index contributed by atoms with van der Waals surface area (Å²) in [4.78, 5) is 12.8. The van der Waals surface area contributed by atoms with Crippen molar-refractivity contribution in [1.82, 2.24) is 13.9 Å². The average Bonchev–Trinajstić information content (AvgIpc) is 3.16. The van der Waals surface area contributed by atoms with Gasteiger partial charge in [-0.05, 0) is 37.3 Å². The molecular formula is C20H30FN3O3S. The third-order valence-electron chi connectivity index (χ3n) is 6.15. The first-order chi connectivity index (χ1) is 13.3. The second-order valence-corrected chi connectivity index (χ2v) is 10.3. The molecule has 1 heterocycles. The van der Waals surface area contributed by atoms with Crippen molar-refractivity contribution in [2.45, 2.75) is 43.9 Å². The number of hydrogen-bond acceptors (Lipinski definition) is 3. The van der Waals surface area contributed by atoms with Crippen molar-refractivity contribution in [2.75, 3.05) is 33.7 Å². The highest BCUT2D eigenvalue weighted by Gasteiger charge is 2.39. The van der Waals surface area contributed by atoms with Crippen LogP contribution in [0, 0.1) is 11.7 Å². The maximum atomic E-state index is 14.4. The minimum absolute atomic E-state index is 0.138. The number of rotatable bonds is 6. The molecule has 1 atom stereocenters. The smallest absolute Gasteiger partial charge is 0.281 e. The van der Waals surface area contributed by atoms with Gasteiger partial charge in [-0.2, -0.15) is 17.0 Å². The molecule has 0 spiro atoms. The fourth-order valence-electron chi connectivity index (χ4n) is 4.48. The molecule has 1 aliphatic heterocycles. The maximum Gasteiger partial charge on any atom is 0.281 e. The van der Waals surface area contributed by atoms with Crippen LogP contribution in [0.1, 0.15) is 44.1 Å². The van der Waals surface area contributed by atoms with E-state index in [4.69, 9.17) is 0 Å². The van der Waals surface area contributed by atoms with Crippen LogP contribution in [0.25, 0.3) is 0 Å². The van der Waals surface area contributed by atoms with Crippen LogP contribution in [0.15, 0.2) is 24.3 Å². The van der Waals surface area contributed by atoms with Gasteiger partial charge >= 0.3 is 0 Å². The Morgan fingerprint density at radius 2 is 1.93 bits per heavy atom. The van der Waals surface area contributed by atoms with E-state index in [-0.39, 0.29) is 29.6 Å². The van der Waals surface area contributed by atoms with Gasteiger partial charge in [-0.25, -0.2) is 4.39 Å². The lowest BCUT2D eigenvalue weighted by molar-refractivity contribution is -0.126. The molecule has 0 unspecified atom stereocenters. The molecule has 0 radical (unpaired) electrons. The number of piperidine rings is 1. The van der Waals surface area contributed by atoms with Crippen LogP contribution in [0.5, 0.6) is 0 Å². The molecule has 3 rings (SSSR count). The first-order valence-corrected chi connectivity index (χ1v) is 11.4. The van der Waals surface area contributed by atoms with Gasteiger partial charge in [-0.1, -0.05) is 31.0 Å². The fourth-order valence-corrected chi connectivity index (χ4v) is 5.67. The number of amides is 1. The van der Waals surface area contributed by atoms with E-state index in [0.717, 1.165) is 25.7 Å². The first-order valence-electron chi connectivity index (χ1n) is 9.97. The van der Waals surface area contributed by atoms with Gasteiger partial charge in [-0.3, -0.25) is 4.79 Å². The molecule has 2 fully saturated rings. The molecule has 1 saturated carbocycles. The molecule has 1 aromatic carbocycles. The van der Waals surface area contributed by atoms with Crippen LogP contribution in [0.4, 0.5) is 4.39 Å². The molecule has 8 heteroatoms. The van der Waals surface area contributed by atoms with Gasteiger partial charge in [0.25, 0.3) is 10.2 Å². The predicted molar refractivity (Wildman–Crippen MR) is 106 cm³/mol. The summed E-state index contributed by atoms with van der Waals surface area (Å²) >= 11 is 0. The summed E-state index contributed by atoms with van der Waals surface area (Å²) in [6, 6.07) is 6.81. The number of hydrogen-bond donors (Lipinski definition) is 1. The molecule has 1 saturated heterocycles. The van der Waals surface area contributed by atoms with Gasteiger partial charge < -0.3 is 5.32 Å². The summed E-state index contributed by atoms with van der Waals surface area (Å²) in [5.74, 6) is -0.733. The van der Waals surface area contributed by atoms with E-state index in [1.54, 1.807) is 6.07 Å². The van der Waals surface area contributed by atoms with Crippen LogP contribution < -0.4 is 5.32 Å². The Hall–Kier alpha value is -1.51. The minimum Gasteiger partial charge on any atom is -0.355 e. The molecule has 0 aromatic heterocycles. The molecule has 6 nitrogen and oxygen atoms in total. The van der Waals surface area contributed by atoms with Crippen molar-refractivity contribution in [3.8, 4) is 0 Å². The number of carbonyl (C=O) groups is 1. The quantitative estimate of drug-likeness (QED) is 0.781. The SMILES string of the molecule is CN(C)S(=O)(=O)N1CCC[C@@H](C(=O)NCC2(c3ccccc3F)CCCC2)C1. The molecule has 1 amide bonds. The van der Waals surface area contributed by atoms with Crippen molar-refractivity contribution in [3.63, 3.8) is 0 Å². The zero-order valence-corrected chi connectivity index (χ0v) is 17.5. The molecule has 1 aromatic rings. The maximum absolute atomic E-state index is 14.4. The van der Waals surface area contributed by atoms with E-state index in [1.165, 1.54) is 28.8 Å². The molecule has 28 heavy (non-hydrogen) atoms. The monoisotopic (exact) mass is 411 g/mol. The van der Waals surface area contributed by atoms with Crippen molar-refractivity contribution in [3.05, 3.63) is 35.6 Å². The Kier molecular flexibility index (Phi) is 6.41. The van der Waals surface area contributed by atoms with Crippen LogP contribution >= 0.6 is 0 Å². The lowest BCUT2D eigenvalue weighted by Crippen LogP contribution is -2.50. The predicted octanol–water partition coefficient (Wildman–Crippen LogP) is 2.27. The summed E-state index contributed by atoms with van der Waals surface area (Å²) in [6.45, 7) is 1.02. The molecule has 0 bridgehead atoms. The summed E-state index contributed by atoms with van der Waals surface area (Å²) in [7, 11) is -0.526. The Labute approximate surface area is 167 Å². The number of carbonyl (C=O) groups excluding carboxylic acids is 1. The van der Waals surface area contributed by atoms with Crippen LogP contribution in [-0.2, 0) is 20.4 Å². The molecule has 1 N–H and O–H groups in total.